The first kappa shape index (κ1) is 15.7. The SMILES string of the molecule is Cc1cc(F)ccc1S(=O)(=O)NC1CCCC1C(N)=NO. The number of halogens is 1. The number of hydrogen-bond acceptors (Lipinski definition) is 4. The van der Waals surface area contributed by atoms with E-state index in [4.69, 9.17) is 10.9 Å². The summed E-state index contributed by atoms with van der Waals surface area (Å²) in [5.41, 5.74) is 5.93. The molecule has 0 heterocycles. The highest BCUT2D eigenvalue weighted by molar-refractivity contribution is 7.89. The molecule has 1 aliphatic carbocycles. The summed E-state index contributed by atoms with van der Waals surface area (Å²) in [6, 6.07) is 3.09. The zero-order valence-electron chi connectivity index (χ0n) is 11.6. The maximum absolute atomic E-state index is 13.1. The van der Waals surface area contributed by atoms with Gasteiger partial charge >= 0.3 is 0 Å². The Hall–Kier alpha value is -1.67. The first-order chi connectivity index (χ1) is 9.85. The van der Waals surface area contributed by atoms with Gasteiger partial charge in [-0.05, 0) is 43.5 Å². The van der Waals surface area contributed by atoms with Crippen LogP contribution in [0.25, 0.3) is 0 Å². The molecule has 0 aromatic heterocycles. The second-order valence-electron chi connectivity index (χ2n) is 5.20. The second-order valence-corrected chi connectivity index (χ2v) is 6.88. The van der Waals surface area contributed by atoms with Crippen molar-refractivity contribution < 1.29 is 18.0 Å². The molecule has 0 saturated heterocycles. The number of oxime groups is 1. The van der Waals surface area contributed by atoms with Gasteiger partial charge in [0, 0.05) is 12.0 Å². The summed E-state index contributed by atoms with van der Waals surface area (Å²) in [6.45, 7) is 1.54. The zero-order valence-corrected chi connectivity index (χ0v) is 12.4. The minimum absolute atomic E-state index is 0.0241. The second kappa shape index (κ2) is 5.98. The molecular formula is C13H18FN3O3S. The van der Waals surface area contributed by atoms with E-state index < -0.39 is 21.9 Å². The van der Waals surface area contributed by atoms with Crippen molar-refractivity contribution in [3.8, 4) is 0 Å². The van der Waals surface area contributed by atoms with Gasteiger partial charge in [0.05, 0.1) is 4.90 Å². The summed E-state index contributed by atoms with van der Waals surface area (Å²) < 4.78 is 40.5. The standard InChI is InChI=1S/C13H18FN3O3S/c1-8-7-9(14)5-6-12(8)21(19,20)17-11-4-2-3-10(11)13(15)16-18/h5-7,10-11,17-18H,2-4H2,1H3,(H2,15,16). The Morgan fingerprint density at radius 3 is 2.81 bits per heavy atom. The number of nitrogens with one attached hydrogen (secondary N) is 1. The van der Waals surface area contributed by atoms with Crippen LogP contribution in [0.2, 0.25) is 0 Å². The molecule has 0 aliphatic heterocycles. The average Bonchev–Trinajstić information content (AvgIpc) is 2.84. The molecule has 2 rings (SSSR count). The maximum atomic E-state index is 13.1. The van der Waals surface area contributed by atoms with Crippen molar-refractivity contribution in [2.75, 3.05) is 0 Å². The van der Waals surface area contributed by atoms with Crippen LogP contribution >= 0.6 is 0 Å². The summed E-state index contributed by atoms with van der Waals surface area (Å²) in [5, 5.41) is 11.7. The van der Waals surface area contributed by atoms with Crippen molar-refractivity contribution >= 4 is 15.9 Å². The molecule has 116 valence electrons. The number of amidine groups is 1. The molecule has 4 N–H and O–H groups in total. The monoisotopic (exact) mass is 315 g/mol. The lowest BCUT2D eigenvalue weighted by molar-refractivity contribution is 0.312. The van der Waals surface area contributed by atoms with E-state index >= 15 is 0 Å². The van der Waals surface area contributed by atoms with E-state index in [2.05, 4.69) is 9.88 Å². The van der Waals surface area contributed by atoms with Crippen molar-refractivity contribution in [1.82, 2.24) is 4.72 Å². The lowest BCUT2D eigenvalue weighted by Gasteiger charge is -2.20. The molecule has 21 heavy (non-hydrogen) atoms. The Morgan fingerprint density at radius 1 is 1.48 bits per heavy atom. The Bertz CT molecular complexity index is 661. The molecule has 1 aromatic carbocycles. The first-order valence-corrected chi connectivity index (χ1v) is 8.09. The highest BCUT2D eigenvalue weighted by Crippen LogP contribution is 2.28. The lowest BCUT2D eigenvalue weighted by Crippen LogP contribution is -2.42. The van der Waals surface area contributed by atoms with Gasteiger partial charge in [-0.3, -0.25) is 0 Å². The van der Waals surface area contributed by atoms with Gasteiger partial charge in [-0.25, -0.2) is 17.5 Å². The third-order valence-corrected chi connectivity index (χ3v) is 5.39. The van der Waals surface area contributed by atoms with Crippen LogP contribution in [0.1, 0.15) is 24.8 Å². The van der Waals surface area contributed by atoms with Crippen LogP contribution in [-0.2, 0) is 10.0 Å². The Balaban J connectivity index is 2.25. The van der Waals surface area contributed by atoms with Crippen LogP contribution in [0.15, 0.2) is 28.3 Å². The van der Waals surface area contributed by atoms with E-state index in [9.17, 15) is 12.8 Å². The molecule has 0 radical (unpaired) electrons. The van der Waals surface area contributed by atoms with Crippen LogP contribution in [0.4, 0.5) is 4.39 Å². The van der Waals surface area contributed by atoms with Crippen molar-refractivity contribution in [3.63, 3.8) is 0 Å². The normalized spacial score (nSPS) is 23.4. The minimum atomic E-state index is -3.77. The lowest BCUT2D eigenvalue weighted by atomic mass is 10.0. The van der Waals surface area contributed by atoms with E-state index in [1.165, 1.54) is 19.1 Å². The van der Waals surface area contributed by atoms with Gasteiger partial charge in [0.1, 0.15) is 11.7 Å². The fourth-order valence-electron chi connectivity index (χ4n) is 2.71. The van der Waals surface area contributed by atoms with Gasteiger partial charge in [0.2, 0.25) is 10.0 Å². The number of aryl methyl sites for hydroxylation is 1. The Labute approximate surface area is 122 Å². The predicted molar refractivity (Wildman–Crippen MR) is 76.0 cm³/mol. The Morgan fingerprint density at radius 2 is 2.19 bits per heavy atom. The van der Waals surface area contributed by atoms with E-state index in [0.717, 1.165) is 12.5 Å². The minimum Gasteiger partial charge on any atom is -0.409 e. The van der Waals surface area contributed by atoms with Crippen LogP contribution in [-0.4, -0.2) is 25.5 Å². The van der Waals surface area contributed by atoms with Gasteiger partial charge in [0.25, 0.3) is 0 Å². The van der Waals surface area contributed by atoms with Crippen molar-refractivity contribution in [2.45, 2.75) is 37.1 Å². The molecular weight excluding hydrogens is 297 g/mol. The van der Waals surface area contributed by atoms with Crippen LogP contribution in [0.5, 0.6) is 0 Å². The molecule has 1 fully saturated rings. The summed E-state index contributed by atoms with van der Waals surface area (Å²) in [6.07, 6.45) is 2.06. The Kier molecular flexibility index (Phi) is 4.48. The summed E-state index contributed by atoms with van der Waals surface area (Å²) in [7, 11) is -3.77. The van der Waals surface area contributed by atoms with Gasteiger partial charge in [-0.1, -0.05) is 11.6 Å². The third-order valence-electron chi connectivity index (χ3n) is 3.74. The zero-order chi connectivity index (χ0) is 15.6. The van der Waals surface area contributed by atoms with Crippen LogP contribution in [0, 0.1) is 18.7 Å². The third kappa shape index (κ3) is 3.33. The summed E-state index contributed by atoms with van der Waals surface area (Å²) in [5.74, 6) is -0.789. The van der Waals surface area contributed by atoms with Gasteiger partial charge in [0.15, 0.2) is 0 Å². The van der Waals surface area contributed by atoms with Gasteiger partial charge in [-0.15, -0.1) is 0 Å². The van der Waals surface area contributed by atoms with Crippen molar-refractivity contribution in [2.24, 2.45) is 16.8 Å². The molecule has 1 aliphatic rings. The molecule has 0 amide bonds. The molecule has 2 unspecified atom stereocenters. The smallest absolute Gasteiger partial charge is 0.241 e. The molecule has 6 nitrogen and oxygen atoms in total. The predicted octanol–water partition coefficient (Wildman–Crippen LogP) is 1.33. The fourth-order valence-corrected chi connectivity index (χ4v) is 4.24. The van der Waals surface area contributed by atoms with E-state index in [0.29, 0.717) is 18.4 Å². The topological polar surface area (TPSA) is 105 Å². The molecule has 1 aromatic rings. The highest BCUT2D eigenvalue weighted by Gasteiger charge is 2.34. The van der Waals surface area contributed by atoms with Gasteiger partial charge < -0.3 is 10.9 Å². The number of benzene rings is 1. The largest absolute Gasteiger partial charge is 0.409 e. The molecule has 1 saturated carbocycles. The average molecular weight is 315 g/mol. The van der Waals surface area contributed by atoms with Crippen molar-refractivity contribution in [3.05, 3.63) is 29.6 Å². The van der Waals surface area contributed by atoms with E-state index in [-0.39, 0.29) is 16.6 Å². The number of sulfonamides is 1. The fraction of sp³-hybridized carbons (Fsp3) is 0.462. The maximum Gasteiger partial charge on any atom is 0.241 e. The van der Waals surface area contributed by atoms with E-state index in [1.54, 1.807) is 0 Å². The number of rotatable bonds is 4. The molecule has 0 spiro atoms. The van der Waals surface area contributed by atoms with Crippen LogP contribution in [0.3, 0.4) is 0 Å². The number of nitrogens with zero attached hydrogens (tertiary/aromatic N) is 1. The first-order valence-electron chi connectivity index (χ1n) is 6.61. The van der Waals surface area contributed by atoms with Crippen molar-refractivity contribution in [1.29, 1.82) is 0 Å². The van der Waals surface area contributed by atoms with E-state index in [1.807, 2.05) is 0 Å². The summed E-state index contributed by atoms with van der Waals surface area (Å²) in [4.78, 5) is 0.0362. The highest BCUT2D eigenvalue weighted by atomic mass is 32.2. The number of nitrogens with two attached hydrogens (primary N) is 1. The molecule has 2 atom stereocenters. The summed E-state index contributed by atoms with van der Waals surface area (Å²) >= 11 is 0. The van der Waals surface area contributed by atoms with Crippen LogP contribution < -0.4 is 10.5 Å². The number of hydrogen-bond donors (Lipinski definition) is 3. The van der Waals surface area contributed by atoms with Gasteiger partial charge in [-0.2, -0.15) is 0 Å². The molecule has 0 bridgehead atoms. The quantitative estimate of drug-likeness (QED) is 0.337. The molecule has 8 heteroatoms.